The molecule has 0 radical (unpaired) electrons. The molecule has 0 unspecified atom stereocenters. The predicted molar refractivity (Wildman–Crippen MR) is 147 cm³/mol. The molecule has 2 aromatic rings. The minimum atomic E-state index is 0.00203. The zero-order valence-corrected chi connectivity index (χ0v) is 23.0. The monoisotopic (exact) mass is 497 g/mol. The van der Waals surface area contributed by atoms with Gasteiger partial charge >= 0.3 is 0 Å². The zero-order chi connectivity index (χ0) is 26.2. The van der Waals surface area contributed by atoms with Gasteiger partial charge in [-0.05, 0) is 37.5 Å². The van der Waals surface area contributed by atoms with Crippen molar-refractivity contribution in [2.24, 2.45) is 0 Å². The second-order valence-corrected chi connectivity index (χ2v) is 9.76. The first-order valence-electron chi connectivity index (χ1n) is 13.7. The van der Waals surface area contributed by atoms with Crippen LogP contribution >= 0.6 is 0 Å². The average molecular weight is 498 g/mol. The van der Waals surface area contributed by atoms with Crippen LogP contribution in [0.3, 0.4) is 0 Å². The number of unbranched alkanes of at least 4 members (excludes halogenated alkanes) is 5. The van der Waals surface area contributed by atoms with E-state index in [0.717, 1.165) is 44.3 Å². The molecule has 200 valence electrons. The number of hydrogen-bond acceptors (Lipinski definition) is 3. The number of carbonyl (C=O) groups is 2. The van der Waals surface area contributed by atoms with Gasteiger partial charge in [0.2, 0.25) is 11.8 Å². The number of benzene rings is 1. The number of hydrogen-bond donors (Lipinski definition) is 0. The molecule has 6 heteroatoms. The summed E-state index contributed by atoms with van der Waals surface area (Å²) in [5.74, 6) is 0.0531. The Morgan fingerprint density at radius 1 is 0.889 bits per heavy atom. The van der Waals surface area contributed by atoms with E-state index < -0.39 is 0 Å². The second-order valence-electron chi connectivity index (χ2n) is 9.76. The number of aromatic nitrogens is 1. The summed E-state index contributed by atoms with van der Waals surface area (Å²) >= 11 is 0. The quantitative estimate of drug-likeness (QED) is 0.244. The Bertz CT molecular complexity index is 908. The number of rotatable bonds is 18. The van der Waals surface area contributed by atoms with E-state index in [0.29, 0.717) is 32.7 Å². The highest BCUT2D eigenvalue weighted by atomic mass is 16.5. The Morgan fingerprint density at radius 2 is 1.67 bits per heavy atom. The summed E-state index contributed by atoms with van der Waals surface area (Å²) in [5.41, 5.74) is 3.59. The molecule has 6 nitrogen and oxygen atoms in total. The minimum absolute atomic E-state index is 0.00203. The van der Waals surface area contributed by atoms with Crippen molar-refractivity contribution >= 4 is 11.8 Å². The fourth-order valence-electron chi connectivity index (χ4n) is 4.39. The van der Waals surface area contributed by atoms with Gasteiger partial charge in [0.05, 0.1) is 19.7 Å². The van der Waals surface area contributed by atoms with Crippen molar-refractivity contribution in [3.63, 3.8) is 0 Å². The summed E-state index contributed by atoms with van der Waals surface area (Å²) < 4.78 is 7.44. The van der Waals surface area contributed by atoms with Crippen molar-refractivity contribution in [1.29, 1.82) is 0 Å². The summed E-state index contributed by atoms with van der Waals surface area (Å²) in [6.07, 6.45) is 10.0. The number of carbonyl (C=O) groups excluding carboxylic acids is 2. The van der Waals surface area contributed by atoms with Gasteiger partial charge in [0.1, 0.15) is 0 Å². The molecule has 0 N–H and O–H groups in total. The van der Waals surface area contributed by atoms with E-state index in [2.05, 4.69) is 61.9 Å². The Balaban J connectivity index is 2.06. The number of nitrogens with zero attached hydrogens (tertiary/aromatic N) is 3. The molecule has 0 aliphatic carbocycles. The van der Waals surface area contributed by atoms with E-state index >= 15 is 0 Å². The first-order valence-corrected chi connectivity index (χ1v) is 13.7. The topological polar surface area (TPSA) is 54.8 Å². The number of methoxy groups -OCH3 is 1. The number of aryl methyl sites for hydroxylation is 1. The Hall–Kier alpha value is -2.60. The molecule has 0 saturated heterocycles. The van der Waals surface area contributed by atoms with Crippen LogP contribution in [0.4, 0.5) is 0 Å². The molecule has 0 atom stereocenters. The van der Waals surface area contributed by atoms with E-state index in [1.54, 1.807) is 12.0 Å². The Morgan fingerprint density at radius 3 is 2.39 bits per heavy atom. The third kappa shape index (κ3) is 10.6. The maximum atomic E-state index is 13.5. The molecular weight excluding hydrogens is 450 g/mol. The summed E-state index contributed by atoms with van der Waals surface area (Å²) in [7, 11) is 1.63. The second kappa shape index (κ2) is 17.0. The van der Waals surface area contributed by atoms with Crippen LogP contribution in [0.15, 0.2) is 42.6 Å². The lowest BCUT2D eigenvalue weighted by molar-refractivity contribution is -0.141. The SMILES string of the molecule is CCCCCCCC(=O)N(CCOC)CC(=O)N(CCCC)Cc1cccn1Cc1cccc(C)c1. The van der Waals surface area contributed by atoms with Crippen LogP contribution < -0.4 is 0 Å². The van der Waals surface area contributed by atoms with Gasteiger partial charge in [0, 0.05) is 45.1 Å². The van der Waals surface area contributed by atoms with Crippen molar-refractivity contribution in [2.75, 3.05) is 33.4 Å². The van der Waals surface area contributed by atoms with E-state index in [-0.39, 0.29) is 18.4 Å². The molecule has 36 heavy (non-hydrogen) atoms. The van der Waals surface area contributed by atoms with Crippen LogP contribution in [0.2, 0.25) is 0 Å². The summed E-state index contributed by atoms with van der Waals surface area (Å²) in [6.45, 7) is 9.42. The lowest BCUT2D eigenvalue weighted by Crippen LogP contribution is -2.44. The normalized spacial score (nSPS) is 11.0. The van der Waals surface area contributed by atoms with Gasteiger partial charge in [-0.15, -0.1) is 0 Å². The highest BCUT2D eigenvalue weighted by molar-refractivity contribution is 5.84. The summed E-state index contributed by atoms with van der Waals surface area (Å²) in [6, 6.07) is 12.7. The zero-order valence-electron chi connectivity index (χ0n) is 23.0. The fourth-order valence-corrected chi connectivity index (χ4v) is 4.39. The average Bonchev–Trinajstić information content (AvgIpc) is 3.30. The summed E-state index contributed by atoms with van der Waals surface area (Å²) in [4.78, 5) is 30.0. The van der Waals surface area contributed by atoms with Crippen LogP contribution in [0.5, 0.6) is 0 Å². The third-order valence-electron chi connectivity index (χ3n) is 6.58. The van der Waals surface area contributed by atoms with Crippen molar-refractivity contribution in [1.82, 2.24) is 14.4 Å². The fraction of sp³-hybridized carbons (Fsp3) is 0.600. The lowest BCUT2D eigenvalue weighted by Gasteiger charge is -2.28. The van der Waals surface area contributed by atoms with E-state index in [1.165, 1.54) is 24.0 Å². The number of amides is 2. The molecule has 2 rings (SSSR count). The standard InChI is InChI=1S/C30H47N3O3/c1-5-7-9-10-11-17-29(34)33(20-21-36-4)25-30(35)32(18-8-6-2)24-28-16-13-19-31(28)23-27-15-12-14-26(3)22-27/h12-16,19,22H,5-11,17-18,20-21,23-25H2,1-4H3. The van der Waals surface area contributed by atoms with Crippen molar-refractivity contribution in [3.8, 4) is 0 Å². The molecule has 0 bridgehead atoms. The molecule has 1 heterocycles. The van der Waals surface area contributed by atoms with Crippen LogP contribution in [0, 0.1) is 6.92 Å². The smallest absolute Gasteiger partial charge is 0.242 e. The van der Waals surface area contributed by atoms with E-state index in [1.807, 2.05) is 11.0 Å². The molecule has 2 amide bonds. The molecule has 0 saturated carbocycles. The molecule has 0 fully saturated rings. The molecule has 1 aromatic carbocycles. The van der Waals surface area contributed by atoms with Crippen molar-refractivity contribution < 1.29 is 14.3 Å². The van der Waals surface area contributed by atoms with E-state index in [9.17, 15) is 9.59 Å². The van der Waals surface area contributed by atoms with Gasteiger partial charge in [-0.3, -0.25) is 9.59 Å². The Kier molecular flexibility index (Phi) is 14.0. The highest BCUT2D eigenvalue weighted by Crippen LogP contribution is 2.14. The molecule has 0 aliphatic rings. The first-order chi connectivity index (χ1) is 17.5. The van der Waals surface area contributed by atoms with Gasteiger partial charge in [-0.25, -0.2) is 0 Å². The summed E-state index contributed by atoms with van der Waals surface area (Å²) in [5, 5.41) is 0. The number of ether oxygens (including phenoxy) is 1. The predicted octanol–water partition coefficient (Wildman–Crippen LogP) is 5.81. The van der Waals surface area contributed by atoms with Gasteiger partial charge in [0.25, 0.3) is 0 Å². The molecule has 0 spiro atoms. The maximum Gasteiger partial charge on any atom is 0.242 e. The minimum Gasteiger partial charge on any atom is -0.383 e. The lowest BCUT2D eigenvalue weighted by atomic mass is 10.1. The highest BCUT2D eigenvalue weighted by Gasteiger charge is 2.22. The van der Waals surface area contributed by atoms with Gasteiger partial charge < -0.3 is 19.1 Å². The van der Waals surface area contributed by atoms with Crippen LogP contribution in [-0.2, 0) is 27.4 Å². The third-order valence-corrected chi connectivity index (χ3v) is 6.58. The first kappa shape index (κ1) is 29.6. The van der Waals surface area contributed by atoms with E-state index in [4.69, 9.17) is 4.74 Å². The largest absolute Gasteiger partial charge is 0.383 e. The maximum absolute atomic E-state index is 13.5. The molecular formula is C30H47N3O3. The van der Waals surface area contributed by atoms with Gasteiger partial charge in [-0.1, -0.05) is 75.8 Å². The van der Waals surface area contributed by atoms with Crippen LogP contribution in [0.25, 0.3) is 0 Å². The molecule has 0 aliphatic heterocycles. The van der Waals surface area contributed by atoms with Crippen molar-refractivity contribution in [2.45, 2.75) is 85.2 Å². The van der Waals surface area contributed by atoms with Crippen LogP contribution in [0.1, 0.15) is 82.0 Å². The van der Waals surface area contributed by atoms with Crippen LogP contribution in [-0.4, -0.2) is 59.5 Å². The molecule has 1 aromatic heterocycles. The van der Waals surface area contributed by atoms with Crippen molar-refractivity contribution in [3.05, 3.63) is 59.4 Å². The van der Waals surface area contributed by atoms with Gasteiger partial charge in [0.15, 0.2) is 0 Å². The van der Waals surface area contributed by atoms with Gasteiger partial charge in [-0.2, -0.15) is 0 Å². The Labute approximate surface area is 218 Å².